The van der Waals surface area contributed by atoms with Gasteiger partial charge >= 0.3 is 0 Å². The van der Waals surface area contributed by atoms with E-state index in [1.165, 1.54) is 22.1 Å². The minimum Gasteiger partial charge on any atom is -0.379 e. The number of carbonyl (C=O) groups is 1. The highest BCUT2D eigenvalue weighted by atomic mass is 32.2. The maximum atomic E-state index is 12.9. The van der Waals surface area contributed by atoms with Gasteiger partial charge in [0, 0.05) is 23.7 Å². The van der Waals surface area contributed by atoms with Crippen LogP contribution in [0.3, 0.4) is 0 Å². The van der Waals surface area contributed by atoms with Crippen molar-refractivity contribution in [1.82, 2.24) is 4.31 Å². The third kappa shape index (κ3) is 5.10. The Morgan fingerprint density at radius 2 is 1.74 bits per heavy atom. The number of ether oxygens (including phenoxy) is 1. The van der Waals surface area contributed by atoms with Gasteiger partial charge in [0.25, 0.3) is 0 Å². The van der Waals surface area contributed by atoms with Crippen LogP contribution in [0.2, 0.25) is 0 Å². The van der Waals surface area contributed by atoms with Crippen LogP contribution >= 0.6 is 11.8 Å². The maximum absolute atomic E-state index is 12.9. The van der Waals surface area contributed by atoms with Gasteiger partial charge in [-0.3, -0.25) is 4.79 Å². The summed E-state index contributed by atoms with van der Waals surface area (Å²) in [5.74, 6) is -0.181. The Labute approximate surface area is 186 Å². The number of nitrogens with one attached hydrogen (secondary N) is 1. The van der Waals surface area contributed by atoms with Crippen LogP contribution in [0.15, 0.2) is 76.5 Å². The number of thioether (sulfide) groups is 1. The molecule has 0 radical (unpaired) electrons. The third-order valence-corrected chi connectivity index (χ3v) is 8.10. The number of hydrogen-bond donors (Lipinski definition) is 1. The highest BCUT2D eigenvalue weighted by Gasteiger charge is 2.26. The second kappa shape index (κ2) is 9.40. The lowest BCUT2D eigenvalue weighted by Gasteiger charge is -2.26. The first-order chi connectivity index (χ1) is 14.9. The lowest BCUT2D eigenvalue weighted by Crippen LogP contribution is -2.40. The van der Waals surface area contributed by atoms with E-state index in [1.54, 1.807) is 18.2 Å². The van der Waals surface area contributed by atoms with Crippen LogP contribution in [0.25, 0.3) is 10.8 Å². The number of nitrogens with zero attached hydrogens (tertiary/aromatic N) is 1. The predicted molar refractivity (Wildman–Crippen MR) is 124 cm³/mol. The standard InChI is InChI=1S/C23H24N2O4S2/c1-17(30-21-10-9-18-5-2-3-6-19(18)15-21)23(26)24-20-7-4-8-22(16-20)31(27,28)25-11-13-29-14-12-25/h2-10,15-17H,11-14H2,1H3,(H,24,26)/t17-/m1/s1. The van der Waals surface area contributed by atoms with Gasteiger partial charge in [-0.1, -0.05) is 36.4 Å². The van der Waals surface area contributed by atoms with Crippen LogP contribution in [-0.4, -0.2) is 50.2 Å². The Kier molecular flexibility index (Phi) is 6.62. The van der Waals surface area contributed by atoms with E-state index in [9.17, 15) is 13.2 Å². The summed E-state index contributed by atoms with van der Waals surface area (Å²) in [5, 5.41) is 4.78. The summed E-state index contributed by atoms with van der Waals surface area (Å²) in [6.07, 6.45) is 0. The van der Waals surface area contributed by atoms with Gasteiger partial charge < -0.3 is 10.1 Å². The molecule has 1 heterocycles. The van der Waals surface area contributed by atoms with Crippen molar-refractivity contribution in [2.24, 2.45) is 0 Å². The molecule has 1 saturated heterocycles. The van der Waals surface area contributed by atoms with Crippen molar-refractivity contribution in [2.45, 2.75) is 22.0 Å². The fourth-order valence-electron chi connectivity index (χ4n) is 3.41. The minimum absolute atomic E-state index is 0.169. The van der Waals surface area contributed by atoms with Crippen LogP contribution in [0.4, 0.5) is 5.69 Å². The summed E-state index contributed by atoms with van der Waals surface area (Å²) in [7, 11) is -3.61. The number of hydrogen-bond acceptors (Lipinski definition) is 5. The van der Waals surface area contributed by atoms with Crippen LogP contribution in [-0.2, 0) is 19.6 Å². The van der Waals surface area contributed by atoms with Gasteiger partial charge in [0.15, 0.2) is 0 Å². The first-order valence-electron chi connectivity index (χ1n) is 10.1. The molecular weight excluding hydrogens is 432 g/mol. The molecular formula is C23H24N2O4S2. The zero-order chi connectivity index (χ0) is 21.8. The second-order valence-corrected chi connectivity index (χ2v) is 10.7. The molecule has 1 atom stereocenters. The van der Waals surface area contributed by atoms with E-state index in [0.29, 0.717) is 32.0 Å². The Balaban J connectivity index is 1.44. The molecule has 31 heavy (non-hydrogen) atoms. The van der Waals surface area contributed by atoms with Crippen LogP contribution in [0.1, 0.15) is 6.92 Å². The molecule has 6 nitrogen and oxygen atoms in total. The number of amides is 1. The highest BCUT2D eigenvalue weighted by Crippen LogP contribution is 2.28. The molecule has 1 aliphatic heterocycles. The van der Waals surface area contributed by atoms with Gasteiger partial charge in [0.1, 0.15) is 0 Å². The van der Waals surface area contributed by atoms with Crippen molar-refractivity contribution in [2.75, 3.05) is 31.6 Å². The lowest BCUT2D eigenvalue weighted by molar-refractivity contribution is -0.115. The van der Waals surface area contributed by atoms with E-state index in [0.717, 1.165) is 15.7 Å². The summed E-state index contributed by atoms with van der Waals surface area (Å²) in [6, 6.07) is 20.6. The molecule has 0 aliphatic carbocycles. The molecule has 3 aromatic carbocycles. The molecule has 4 rings (SSSR count). The number of fused-ring (bicyclic) bond motifs is 1. The molecule has 162 valence electrons. The number of benzene rings is 3. The summed E-state index contributed by atoms with van der Waals surface area (Å²) in [4.78, 5) is 13.9. The van der Waals surface area contributed by atoms with Crippen LogP contribution in [0.5, 0.6) is 0 Å². The Morgan fingerprint density at radius 1 is 1.00 bits per heavy atom. The molecule has 0 unspecified atom stereocenters. The van der Waals surface area contributed by atoms with Crippen molar-refractivity contribution in [1.29, 1.82) is 0 Å². The number of morpholine rings is 1. The summed E-state index contributed by atoms with van der Waals surface area (Å²) in [6.45, 7) is 3.28. The Bertz CT molecular complexity index is 1190. The van der Waals surface area contributed by atoms with Gasteiger partial charge in [-0.25, -0.2) is 8.42 Å². The molecule has 0 saturated carbocycles. The van der Waals surface area contributed by atoms with E-state index in [2.05, 4.69) is 17.4 Å². The average Bonchev–Trinajstić information content (AvgIpc) is 2.79. The molecule has 1 N–H and O–H groups in total. The predicted octanol–water partition coefficient (Wildman–Crippen LogP) is 3.98. The van der Waals surface area contributed by atoms with E-state index >= 15 is 0 Å². The van der Waals surface area contributed by atoms with Crippen LogP contribution in [0, 0.1) is 0 Å². The molecule has 3 aromatic rings. The zero-order valence-electron chi connectivity index (χ0n) is 17.2. The molecule has 0 bridgehead atoms. The SMILES string of the molecule is C[C@@H](Sc1ccc2ccccc2c1)C(=O)Nc1cccc(S(=O)(=O)N2CCOCC2)c1. The highest BCUT2D eigenvalue weighted by molar-refractivity contribution is 8.00. The number of sulfonamides is 1. The lowest BCUT2D eigenvalue weighted by atomic mass is 10.1. The number of anilines is 1. The fraction of sp³-hybridized carbons (Fsp3) is 0.261. The Morgan fingerprint density at radius 3 is 2.52 bits per heavy atom. The van der Waals surface area contributed by atoms with Gasteiger partial charge in [-0.05, 0) is 48.0 Å². The van der Waals surface area contributed by atoms with Gasteiger partial charge in [-0.15, -0.1) is 11.8 Å². The van der Waals surface area contributed by atoms with E-state index < -0.39 is 10.0 Å². The molecule has 1 fully saturated rings. The molecule has 1 aliphatic rings. The smallest absolute Gasteiger partial charge is 0.243 e. The number of rotatable bonds is 6. The van der Waals surface area contributed by atoms with Crippen molar-refractivity contribution in [3.63, 3.8) is 0 Å². The van der Waals surface area contributed by atoms with Crippen molar-refractivity contribution in [3.05, 3.63) is 66.7 Å². The van der Waals surface area contributed by atoms with Gasteiger partial charge in [0.2, 0.25) is 15.9 Å². The maximum Gasteiger partial charge on any atom is 0.243 e. The normalized spacial score (nSPS) is 16.2. The second-order valence-electron chi connectivity index (χ2n) is 7.30. The van der Waals surface area contributed by atoms with Crippen molar-refractivity contribution in [3.8, 4) is 0 Å². The Hall–Kier alpha value is -2.39. The largest absolute Gasteiger partial charge is 0.379 e. The monoisotopic (exact) mass is 456 g/mol. The quantitative estimate of drug-likeness (QED) is 0.568. The summed E-state index contributed by atoms with van der Waals surface area (Å²) < 4.78 is 32.4. The fourth-order valence-corrected chi connectivity index (χ4v) is 5.78. The summed E-state index contributed by atoms with van der Waals surface area (Å²) >= 11 is 1.47. The van der Waals surface area contributed by atoms with Gasteiger partial charge in [0.05, 0.1) is 23.4 Å². The van der Waals surface area contributed by atoms with Crippen molar-refractivity contribution >= 4 is 44.2 Å². The van der Waals surface area contributed by atoms with Crippen molar-refractivity contribution < 1.29 is 17.9 Å². The van der Waals surface area contributed by atoms with Gasteiger partial charge in [-0.2, -0.15) is 4.31 Å². The minimum atomic E-state index is -3.61. The molecule has 8 heteroatoms. The third-order valence-electron chi connectivity index (χ3n) is 5.11. The van der Waals surface area contributed by atoms with E-state index in [4.69, 9.17) is 4.74 Å². The average molecular weight is 457 g/mol. The zero-order valence-corrected chi connectivity index (χ0v) is 18.8. The molecule has 0 aromatic heterocycles. The van der Waals surface area contributed by atoms with E-state index in [-0.39, 0.29) is 16.1 Å². The van der Waals surface area contributed by atoms with E-state index in [1.807, 2.05) is 37.3 Å². The first-order valence-corrected chi connectivity index (χ1v) is 12.4. The van der Waals surface area contributed by atoms with Crippen LogP contribution < -0.4 is 5.32 Å². The topological polar surface area (TPSA) is 75.7 Å². The number of carbonyl (C=O) groups excluding carboxylic acids is 1. The summed E-state index contributed by atoms with van der Waals surface area (Å²) in [5.41, 5.74) is 0.463. The first kappa shape index (κ1) is 21.8. The molecule has 0 spiro atoms. The molecule has 1 amide bonds.